The van der Waals surface area contributed by atoms with E-state index in [9.17, 15) is 0 Å². The summed E-state index contributed by atoms with van der Waals surface area (Å²) in [6.45, 7) is 27.3. The van der Waals surface area contributed by atoms with Crippen LogP contribution in [0.15, 0.2) is 165 Å². The van der Waals surface area contributed by atoms with Gasteiger partial charge in [-0.25, -0.2) is 29.9 Å². The van der Waals surface area contributed by atoms with Crippen LogP contribution in [0.2, 0.25) is 0 Å². The van der Waals surface area contributed by atoms with Crippen LogP contribution >= 0.6 is 47.0 Å². The van der Waals surface area contributed by atoms with Crippen LogP contribution in [-0.4, -0.2) is 52.9 Å². The van der Waals surface area contributed by atoms with Crippen molar-refractivity contribution in [2.24, 2.45) is 21.7 Å². The lowest BCUT2D eigenvalue weighted by Gasteiger charge is -2.18. The maximum Gasteiger partial charge on any atom is 0.165 e. The molecule has 9 aromatic rings. The predicted molar refractivity (Wildman–Crippen MR) is 322 cm³/mol. The van der Waals surface area contributed by atoms with Crippen LogP contribution in [0.1, 0.15) is 83.1 Å². The van der Waals surface area contributed by atoms with Crippen LogP contribution in [0.25, 0.3) is 89.9 Å². The van der Waals surface area contributed by atoms with Gasteiger partial charge in [0.2, 0.25) is 0 Å². The second-order valence-corrected chi connectivity index (χ2v) is 28.1. The summed E-state index contributed by atoms with van der Waals surface area (Å²) < 4.78 is 0. The van der Waals surface area contributed by atoms with Crippen molar-refractivity contribution in [3.8, 4) is 68.3 Å². The molecule has 0 fully saturated rings. The molecule has 0 spiro atoms. The first kappa shape index (κ1) is 53.3. The third-order valence-corrected chi connectivity index (χ3v) is 18.3. The minimum absolute atomic E-state index is 0.214. The van der Waals surface area contributed by atoms with Gasteiger partial charge in [0.05, 0.1) is 0 Å². The molecule has 0 aliphatic carbocycles. The Morgan fingerprint density at radius 3 is 0.635 bits per heavy atom. The van der Waals surface area contributed by atoms with E-state index in [1.165, 1.54) is 19.6 Å². The van der Waals surface area contributed by atoms with Crippen molar-refractivity contribution in [3.05, 3.63) is 146 Å². The Hall–Kier alpha value is -5.52. The van der Waals surface area contributed by atoms with E-state index in [2.05, 4.69) is 229 Å². The first-order valence-electron chi connectivity index (χ1n) is 25.5. The second kappa shape index (κ2) is 22.0. The molecule has 0 saturated heterocycles. The molecule has 0 unspecified atom stereocenters. The molecule has 0 bridgehead atoms. The van der Waals surface area contributed by atoms with E-state index in [4.69, 9.17) is 29.9 Å². The molecule has 2 heterocycles. The topological polar surface area (TPSA) is 77.3 Å². The fourth-order valence-electron chi connectivity index (χ4n) is 8.10. The zero-order valence-corrected chi connectivity index (χ0v) is 48.3. The zero-order valence-electron chi connectivity index (χ0n) is 45.0. The van der Waals surface area contributed by atoms with E-state index in [1.54, 1.807) is 0 Å². The maximum atomic E-state index is 5.39. The highest BCUT2D eigenvalue weighted by molar-refractivity contribution is 8.00. The first-order valence-corrected chi connectivity index (χ1v) is 29.5. The number of aromatic nitrogens is 6. The summed E-state index contributed by atoms with van der Waals surface area (Å²) in [5, 5.41) is 3.99. The quantitative estimate of drug-likeness (QED) is 0.0776. The molecule has 378 valence electrons. The fourth-order valence-corrected chi connectivity index (χ4v) is 11.8. The molecule has 9 rings (SSSR count). The van der Waals surface area contributed by atoms with E-state index >= 15 is 0 Å². The third-order valence-electron chi connectivity index (χ3n) is 11.8. The van der Waals surface area contributed by atoms with Crippen molar-refractivity contribution in [1.29, 1.82) is 0 Å². The predicted octanol–water partition coefficient (Wildman–Crippen LogP) is 18.9. The summed E-state index contributed by atoms with van der Waals surface area (Å²) in [4.78, 5) is 36.9. The number of benzene rings is 7. The number of hydrogen-bond acceptors (Lipinski definition) is 10. The molecule has 0 saturated carbocycles. The molecule has 0 aliphatic heterocycles. The number of nitrogens with zero attached hydrogens (tertiary/aromatic N) is 6. The molecule has 7 aromatic carbocycles. The first-order chi connectivity index (χ1) is 35.1. The smallest absolute Gasteiger partial charge is 0.165 e. The van der Waals surface area contributed by atoms with E-state index in [0.29, 0.717) is 34.9 Å². The fraction of sp³-hybridized carbons (Fsp3) is 0.312. The van der Waals surface area contributed by atoms with Crippen LogP contribution in [0.4, 0.5) is 0 Å². The van der Waals surface area contributed by atoms with Gasteiger partial charge in [-0.1, -0.05) is 180 Å². The number of fused-ring (bicyclic) bond motifs is 2. The summed E-state index contributed by atoms with van der Waals surface area (Å²) in [7, 11) is 0. The van der Waals surface area contributed by atoms with Crippen molar-refractivity contribution in [3.63, 3.8) is 0 Å². The van der Waals surface area contributed by atoms with Gasteiger partial charge in [0, 0.05) is 76.0 Å². The molecule has 2 aromatic heterocycles. The summed E-state index contributed by atoms with van der Waals surface area (Å²) >= 11 is 7.50. The highest BCUT2D eigenvalue weighted by atomic mass is 32.2. The van der Waals surface area contributed by atoms with Gasteiger partial charge >= 0.3 is 0 Å². The maximum absolute atomic E-state index is 5.39. The van der Waals surface area contributed by atoms with Gasteiger partial charge in [-0.3, -0.25) is 0 Å². The Morgan fingerprint density at radius 2 is 0.446 bits per heavy atom. The summed E-state index contributed by atoms with van der Waals surface area (Å²) in [6.07, 6.45) is 0. The molecule has 0 N–H and O–H groups in total. The van der Waals surface area contributed by atoms with Crippen molar-refractivity contribution in [2.45, 2.75) is 103 Å². The summed E-state index contributed by atoms with van der Waals surface area (Å²) in [6, 6.07) is 51.8. The lowest BCUT2D eigenvalue weighted by atomic mass is 9.90. The minimum atomic E-state index is 0.214. The van der Waals surface area contributed by atoms with Gasteiger partial charge in [-0.2, -0.15) is 0 Å². The van der Waals surface area contributed by atoms with Crippen LogP contribution < -0.4 is 0 Å². The van der Waals surface area contributed by atoms with Gasteiger partial charge < -0.3 is 0 Å². The molecule has 10 heteroatoms. The highest BCUT2D eigenvalue weighted by Gasteiger charge is 2.24. The zero-order chi connectivity index (χ0) is 52.4. The monoisotopic (exact) mass is 1050 g/mol. The van der Waals surface area contributed by atoms with Crippen LogP contribution in [0.3, 0.4) is 0 Å². The molecule has 6 nitrogen and oxygen atoms in total. The van der Waals surface area contributed by atoms with E-state index in [1.807, 2.05) is 47.0 Å². The van der Waals surface area contributed by atoms with Gasteiger partial charge in [0.25, 0.3) is 0 Å². The number of thioether (sulfide) groups is 4. The Labute approximate surface area is 456 Å². The van der Waals surface area contributed by atoms with Gasteiger partial charge in [-0.15, -0.1) is 47.0 Å². The Bertz CT molecular complexity index is 2960. The molecule has 0 atom stereocenters. The number of hydrogen-bond donors (Lipinski definition) is 0. The third kappa shape index (κ3) is 13.7. The lowest BCUT2D eigenvalue weighted by molar-refractivity contribution is 0.480. The average Bonchev–Trinajstić information content (AvgIpc) is 3.37. The Balaban J connectivity index is 1.21. The van der Waals surface area contributed by atoms with E-state index in [0.717, 1.165) is 77.9 Å². The van der Waals surface area contributed by atoms with Gasteiger partial charge in [-0.05, 0) is 91.7 Å². The normalized spacial score (nSPS) is 12.5. The van der Waals surface area contributed by atoms with E-state index in [-0.39, 0.29) is 21.7 Å². The number of rotatable bonds is 14. The molecule has 0 amide bonds. The van der Waals surface area contributed by atoms with Crippen molar-refractivity contribution in [1.82, 2.24) is 29.9 Å². The summed E-state index contributed by atoms with van der Waals surface area (Å²) in [5.41, 5.74) is 6.46. The van der Waals surface area contributed by atoms with Gasteiger partial charge in [0.15, 0.2) is 34.9 Å². The standard InChI is InChI=1S/C64H68N6S4/c1-61(2,3)37-71-45-29-21-41(22-30-45)55-65-56(42-23-31-46(32-24-42)72-38-62(4,5)6)68-59(67-55)53-49-17-13-15-19-51(49)54(52-20-16-14-18-50(52)53)60-69-57(43-25-33-47(34-26-43)73-39-63(7,8)9)66-58(70-60)44-27-35-48(36-28-44)74-40-64(10,11)12/h13-36H,37-40H2,1-12H3. The average molecular weight is 1050 g/mol. The van der Waals surface area contributed by atoms with Crippen molar-refractivity contribution < 1.29 is 0 Å². The Morgan fingerprint density at radius 1 is 0.257 bits per heavy atom. The SMILES string of the molecule is CC(C)(C)CSc1ccc(-c2nc(-c3ccc(SCC(C)(C)C)cc3)nc(-c3c4ccccc4c(-c4nc(-c5ccc(SCC(C)(C)C)cc5)nc(-c5ccc(SCC(C)(C)C)cc5)n4)c4ccccc34)n2)cc1. The molecular weight excluding hydrogens is 981 g/mol. The van der Waals surface area contributed by atoms with Crippen molar-refractivity contribution in [2.75, 3.05) is 23.0 Å². The molecule has 0 aliphatic rings. The Kier molecular flexibility index (Phi) is 15.8. The molecule has 0 radical (unpaired) electrons. The highest BCUT2D eigenvalue weighted by Crippen LogP contribution is 2.44. The van der Waals surface area contributed by atoms with Crippen LogP contribution in [-0.2, 0) is 0 Å². The van der Waals surface area contributed by atoms with Gasteiger partial charge in [0.1, 0.15) is 0 Å². The summed E-state index contributed by atoms with van der Waals surface area (Å²) in [5.74, 6) is 7.79. The lowest BCUT2D eigenvalue weighted by Crippen LogP contribution is -2.07. The second-order valence-electron chi connectivity index (χ2n) is 23.9. The van der Waals surface area contributed by atoms with Crippen molar-refractivity contribution >= 4 is 68.6 Å². The largest absolute Gasteiger partial charge is 0.208 e. The molecule has 74 heavy (non-hydrogen) atoms. The minimum Gasteiger partial charge on any atom is -0.208 e. The van der Waals surface area contributed by atoms with E-state index < -0.39 is 0 Å². The molecular formula is C64H68N6S4. The van der Waals surface area contributed by atoms with Crippen LogP contribution in [0.5, 0.6) is 0 Å². The van der Waals surface area contributed by atoms with Crippen LogP contribution in [0, 0.1) is 21.7 Å².